The van der Waals surface area contributed by atoms with Crippen molar-refractivity contribution >= 4 is 71.7 Å². The lowest BCUT2D eigenvalue weighted by Crippen LogP contribution is -2.10. The van der Waals surface area contributed by atoms with E-state index in [9.17, 15) is 0 Å². The smallest absolute Gasteiger partial charge is 0.137 e. The van der Waals surface area contributed by atoms with Crippen molar-refractivity contribution in [3.8, 4) is 22.3 Å². The average Bonchev–Trinajstić information content (AvgIpc) is 3.74. The Morgan fingerprint density at radius 2 is 0.939 bits per heavy atom. The molecule has 0 aliphatic carbocycles. The molecule has 0 bridgehead atoms. The van der Waals surface area contributed by atoms with E-state index in [1.54, 1.807) is 0 Å². The van der Waals surface area contributed by atoms with Crippen LogP contribution < -0.4 is 4.90 Å². The van der Waals surface area contributed by atoms with E-state index in [0.29, 0.717) is 0 Å². The summed E-state index contributed by atoms with van der Waals surface area (Å²) in [6.45, 7) is 0. The van der Waals surface area contributed by atoms with Crippen molar-refractivity contribution in [3.05, 3.63) is 176 Å². The van der Waals surface area contributed by atoms with Crippen LogP contribution in [-0.4, -0.2) is 0 Å². The van der Waals surface area contributed by atoms with Gasteiger partial charge >= 0.3 is 0 Å². The van der Waals surface area contributed by atoms with Crippen LogP contribution in [0.4, 0.5) is 17.1 Å². The number of para-hydroxylation sites is 2. The first-order valence-corrected chi connectivity index (χ1v) is 16.6. The number of nitrogens with zero attached hydrogens (tertiary/aromatic N) is 1. The van der Waals surface area contributed by atoms with Crippen LogP contribution in [-0.2, 0) is 0 Å². The van der Waals surface area contributed by atoms with Gasteiger partial charge in [-0.25, -0.2) is 0 Å². The van der Waals surface area contributed by atoms with E-state index in [1.165, 1.54) is 21.9 Å². The number of furan rings is 2. The second-order valence-electron chi connectivity index (χ2n) is 12.5. The highest BCUT2D eigenvalue weighted by atomic mass is 16.3. The maximum absolute atomic E-state index is 6.37. The lowest BCUT2D eigenvalue weighted by Gasteiger charge is -2.27. The Kier molecular flexibility index (Phi) is 6.18. The van der Waals surface area contributed by atoms with E-state index in [0.717, 1.165) is 72.1 Å². The highest BCUT2D eigenvalue weighted by Crippen LogP contribution is 2.45. The predicted molar refractivity (Wildman–Crippen MR) is 204 cm³/mol. The molecule has 0 N–H and O–H groups in total. The molecule has 2 heterocycles. The standard InChI is InChI=1S/C46H29NO2/c1-2-17-36-30(11-1)12-9-20-37(36)33-15-7-13-31(27-33)32-14-8-16-34(28-32)47(35-25-26-44-40(29-35)38-18-3-5-22-42(38)48-44)41-21-10-24-45-46(41)39-19-4-6-23-43(39)49-45/h1-29H. The summed E-state index contributed by atoms with van der Waals surface area (Å²) in [5, 5.41) is 6.85. The third kappa shape index (κ3) is 4.51. The Balaban J connectivity index is 1.18. The molecule has 0 saturated carbocycles. The summed E-state index contributed by atoms with van der Waals surface area (Å²) in [6.07, 6.45) is 0. The topological polar surface area (TPSA) is 29.5 Å². The lowest BCUT2D eigenvalue weighted by molar-refractivity contribution is 0.668. The summed E-state index contributed by atoms with van der Waals surface area (Å²) in [7, 11) is 0. The first kappa shape index (κ1) is 27.5. The van der Waals surface area contributed by atoms with Gasteiger partial charge in [-0.3, -0.25) is 0 Å². The van der Waals surface area contributed by atoms with Crippen molar-refractivity contribution < 1.29 is 8.83 Å². The molecule has 49 heavy (non-hydrogen) atoms. The Bertz CT molecular complexity index is 2850. The molecule has 0 atom stereocenters. The van der Waals surface area contributed by atoms with Crippen LogP contribution in [0.5, 0.6) is 0 Å². The van der Waals surface area contributed by atoms with Gasteiger partial charge < -0.3 is 13.7 Å². The fourth-order valence-electron chi connectivity index (χ4n) is 7.39. The van der Waals surface area contributed by atoms with Crippen LogP contribution in [0.2, 0.25) is 0 Å². The largest absolute Gasteiger partial charge is 0.456 e. The molecule has 0 radical (unpaired) electrons. The summed E-state index contributed by atoms with van der Waals surface area (Å²) in [6, 6.07) is 62.2. The second-order valence-corrected chi connectivity index (χ2v) is 12.5. The fraction of sp³-hybridized carbons (Fsp3) is 0. The molecule has 0 amide bonds. The normalized spacial score (nSPS) is 11.7. The van der Waals surface area contributed by atoms with Crippen molar-refractivity contribution in [2.24, 2.45) is 0 Å². The molecular weight excluding hydrogens is 599 g/mol. The summed E-state index contributed by atoms with van der Waals surface area (Å²) < 4.78 is 12.6. The minimum atomic E-state index is 0.859. The van der Waals surface area contributed by atoms with E-state index in [2.05, 4.69) is 157 Å². The Labute approximate surface area is 282 Å². The number of anilines is 3. The molecule has 230 valence electrons. The van der Waals surface area contributed by atoms with Crippen LogP contribution >= 0.6 is 0 Å². The second kappa shape index (κ2) is 11.0. The van der Waals surface area contributed by atoms with Crippen molar-refractivity contribution in [1.29, 1.82) is 0 Å². The van der Waals surface area contributed by atoms with Gasteiger partial charge in [0.25, 0.3) is 0 Å². The molecule has 0 spiro atoms. The molecule has 0 unspecified atom stereocenters. The van der Waals surface area contributed by atoms with E-state index in [4.69, 9.17) is 8.83 Å². The molecule has 0 aliphatic rings. The monoisotopic (exact) mass is 627 g/mol. The van der Waals surface area contributed by atoms with Crippen molar-refractivity contribution in [2.75, 3.05) is 4.90 Å². The first-order valence-electron chi connectivity index (χ1n) is 16.6. The van der Waals surface area contributed by atoms with E-state index in [1.807, 2.05) is 24.3 Å². The summed E-state index contributed by atoms with van der Waals surface area (Å²) >= 11 is 0. The average molecular weight is 628 g/mol. The van der Waals surface area contributed by atoms with Gasteiger partial charge in [0.15, 0.2) is 0 Å². The zero-order valence-corrected chi connectivity index (χ0v) is 26.5. The first-order chi connectivity index (χ1) is 24.3. The summed E-state index contributed by atoms with van der Waals surface area (Å²) in [5.74, 6) is 0. The highest BCUT2D eigenvalue weighted by Gasteiger charge is 2.21. The maximum Gasteiger partial charge on any atom is 0.137 e. The predicted octanol–water partition coefficient (Wildman–Crippen LogP) is 13.4. The van der Waals surface area contributed by atoms with Crippen LogP contribution in [0.25, 0.3) is 76.9 Å². The van der Waals surface area contributed by atoms with Crippen molar-refractivity contribution in [1.82, 2.24) is 0 Å². The minimum absolute atomic E-state index is 0.859. The SMILES string of the molecule is c1cc(-c2cccc(N(c3ccc4oc5ccccc5c4c3)c3cccc4oc5ccccc5c34)c2)cc(-c2cccc3ccccc23)c1. The van der Waals surface area contributed by atoms with Gasteiger partial charge in [-0.05, 0) is 93.7 Å². The number of rotatable bonds is 5. The Hall–Kier alpha value is -6.58. The Morgan fingerprint density at radius 3 is 1.84 bits per heavy atom. The molecule has 0 fully saturated rings. The highest BCUT2D eigenvalue weighted by molar-refractivity contribution is 6.14. The molecule has 2 aromatic heterocycles. The van der Waals surface area contributed by atoms with Gasteiger partial charge in [0.05, 0.1) is 11.1 Å². The van der Waals surface area contributed by atoms with Gasteiger partial charge in [0.2, 0.25) is 0 Å². The van der Waals surface area contributed by atoms with Gasteiger partial charge in [0.1, 0.15) is 22.3 Å². The third-order valence-electron chi connectivity index (χ3n) is 9.64. The molecule has 3 nitrogen and oxygen atoms in total. The van der Waals surface area contributed by atoms with E-state index in [-0.39, 0.29) is 0 Å². The van der Waals surface area contributed by atoms with E-state index >= 15 is 0 Å². The third-order valence-corrected chi connectivity index (χ3v) is 9.64. The molecule has 10 rings (SSSR count). The van der Waals surface area contributed by atoms with Crippen LogP contribution in [0.1, 0.15) is 0 Å². The fourth-order valence-corrected chi connectivity index (χ4v) is 7.39. The lowest BCUT2D eigenvalue weighted by atomic mass is 9.95. The molecule has 0 aliphatic heterocycles. The van der Waals surface area contributed by atoms with Gasteiger partial charge in [-0.15, -0.1) is 0 Å². The zero-order valence-electron chi connectivity index (χ0n) is 26.5. The van der Waals surface area contributed by atoms with Crippen LogP contribution in [0, 0.1) is 0 Å². The number of fused-ring (bicyclic) bond motifs is 7. The Morgan fingerprint density at radius 1 is 0.347 bits per heavy atom. The van der Waals surface area contributed by atoms with Gasteiger partial charge in [0, 0.05) is 27.5 Å². The van der Waals surface area contributed by atoms with Crippen molar-refractivity contribution in [2.45, 2.75) is 0 Å². The van der Waals surface area contributed by atoms with Gasteiger partial charge in [-0.1, -0.05) is 115 Å². The summed E-state index contributed by atoms with van der Waals surface area (Å²) in [5.41, 5.74) is 11.4. The zero-order chi connectivity index (χ0) is 32.3. The molecule has 10 aromatic rings. The minimum Gasteiger partial charge on any atom is -0.456 e. The number of hydrogen-bond donors (Lipinski definition) is 0. The quantitative estimate of drug-likeness (QED) is 0.190. The number of benzene rings is 8. The number of hydrogen-bond acceptors (Lipinski definition) is 3. The maximum atomic E-state index is 6.37. The molecule has 8 aromatic carbocycles. The van der Waals surface area contributed by atoms with Crippen molar-refractivity contribution in [3.63, 3.8) is 0 Å². The van der Waals surface area contributed by atoms with Gasteiger partial charge in [-0.2, -0.15) is 0 Å². The molecule has 3 heteroatoms. The molecular formula is C46H29NO2. The molecule has 0 saturated heterocycles. The van der Waals surface area contributed by atoms with E-state index < -0.39 is 0 Å². The van der Waals surface area contributed by atoms with Crippen LogP contribution in [0.15, 0.2) is 185 Å². The summed E-state index contributed by atoms with van der Waals surface area (Å²) in [4.78, 5) is 2.35. The van der Waals surface area contributed by atoms with Crippen LogP contribution in [0.3, 0.4) is 0 Å².